The van der Waals surface area contributed by atoms with Crippen molar-refractivity contribution < 1.29 is 24.2 Å². The van der Waals surface area contributed by atoms with Crippen LogP contribution in [0.25, 0.3) is 0 Å². The number of hydrogen-bond acceptors (Lipinski definition) is 5. The second kappa shape index (κ2) is 8.42. The van der Waals surface area contributed by atoms with E-state index in [1.807, 2.05) is 6.92 Å². The maximum Gasteiger partial charge on any atom is 0.326 e. The Kier molecular flexibility index (Phi) is 6.89. The van der Waals surface area contributed by atoms with Crippen LogP contribution in [0.1, 0.15) is 13.3 Å². The summed E-state index contributed by atoms with van der Waals surface area (Å²) in [4.78, 5) is 35.4. The predicted octanol–water partition coefficient (Wildman–Crippen LogP) is -1.67. The summed E-state index contributed by atoms with van der Waals surface area (Å²) in [5, 5.41) is 13.6. The molecule has 2 atom stereocenters. The van der Waals surface area contributed by atoms with Crippen molar-refractivity contribution in [3.63, 3.8) is 0 Å². The molecule has 0 saturated carbocycles. The van der Waals surface area contributed by atoms with E-state index in [-0.39, 0.29) is 12.6 Å². The fourth-order valence-corrected chi connectivity index (χ4v) is 2.01. The predicted molar refractivity (Wildman–Crippen MR) is 73.6 cm³/mol. The first-order valence-electron chi connectivity index (χ1n) is 6.81. The first-order chi connectivity index (χ1) is 9.92. The van der Waals surface area contributed by atoms with E-state index in [4.69, 9.17) is 15.6 Å². The number of carbonyl (C=O) groups is 3. The number of ether oxygens (including phenoxy) is 1. The van der Waals surface area contributed by atoms with Crippen molar-refractivity contribution in [3.8, 4) is 0 Å². The molecule has 1 rings (SSSR count). The molecule has 0 aromatic carbocycles. The topological polar surface area (TPSA) is 134 Å². The number of amides is 3. The Labute approximate surface area is 122 Å². The Bertz CT molecular complexity index is 390. The highest BCUT2D eigenvalue weighted by Crippen LogP contribution is 2.03. The van der Waals surface area contributed by atoms with E-state index in [0.29, 0.717) is 13.2 Å². The average Bonchev–Trinajstić information content (AvgIpc) is 2.44. The number of nitrogens with two attached hydrogens (primary N) is 1. The second-order valence-corrected chi connectivity index (χ2v) is 4.80. The molecule has 0 bridgehead atoms. The van der Waals surface area contributed by atoms with Crippen LogP contribution in [-0.4, -0.2) is 72.8 Å². The molecule has 5 N–H and O–H groups in total. The number of likely N-dealkylation sites (N-methyl/N-ethyl adjacent to an activating group) is 1. The molecule has 1 heterocycles. The van der Waals surface area contributed by atoms with Crippen LogP contribution in [0.4, 0.5) is 4.79 Å². The number of morpholine rings is 1. The summed E-state index contributed by atoms with van der Waals surface area (Å²) in [6.07, 6.45) is -0.587. The van der Waals surface area contributed by atoms with Gasteiger partial charge in [-0.05, 0) is 6.54 Å². The Morgan fingerprint density at radius 2 is 2.19 bits per heavy atom. The average molecular weight is 302 g/mol. The normalized spacial score (nSPS) is 20.5. The fraction of sp³-hybridized carbons (Fsp3) is 0.750. The molecule has 0 aliphatic carbocycles. The van der Waals surface area contributed by atoms with Gasteiger partial charge in [0.1, 0.15) is 6.04 Å². The number of nitrogens with zero attached hydrogens (tertiary/aromatic N) is 1. The number of carbonyl (C=O) groups excluding carboxylic acids is 2. The van der Waals surface area contributed by atoms with Crippen LogP contribution in [-0.2, 0) is 14.3 Å². The third-order valence-corrected chi connectivity index (χ3v) is 3.17. The molecular weight excluding hydrogens is 280 g/mol. The zero-order chi connectivity index (χ0) is 15.8. The van der Waals surface area contributed by atoms with Crippen LogP contribution in [0.5, 0.6) is 0 Å². The minimum absolute atomic E-state index is 0.135. The molecule has 3 amide bonds. The summed E-state index contributed by atoms with van der Waals surface area (Å²) >= 11 is 0. The number of rotatable bonds is 7. The van der Waals surface area contributed by atoms with Gasteiger partial charge >= 0.3 is 12.0 Å². The van der Waals surface area contributed by atoms with Gasteiger partial charge < -0.3 is 26.2 Å². The Morgan fingerprint density at radius 1 is 1.48 bits per heavy atom. The lowest BCUT2D eigenvalue weighted by Crippen LogP contribution is -2.52. The molecule has 1 aliphatic rings. The lowest BCUT2D eigenvalue weighted by molar-refractivity contribution is -0.140. The summed E-state index contributed by atoms with van der Waals surface area (Å²) in [6.45, 7) is 5.39. The standard InChI is InChI=1S/C12H22N4O5/c1-2-16-3-4-21-8(7-16)6-14-12(20)15-9(11(18)19)5-10(13)17/h8-9H,2-7H2,1H3,(H2,13,17)(H,18,19)(H2,14,15,20). The molecule has 0 aromatic rings. The Balaban J connectivity index is 2.35. The van der Waals surface area contributed by atoms with Crippen LogP contribution < -0.4 is 16.4 Å². The summed E-state index contributed by atoms with van der Waals surface area (Å²) in [6, 6.07) is -2.00. The van der Waals surface area contributed by atoms with E-state index < -0.39 is 30.4 Å². The number of nitrogens with one attached hydrogen (secondary N) is 2. The van der Waals surface area contributed by atoms with E-state index in [2.05, 4.69) is 15.5 Å². The number of primary amides is 1. The van der Waals surface area contributed by atoms with Gasteiger partial charge in [0.25, 0.3) is 0 Å². The molecule has 0 aromatic heterocycles. The van der Waals surface area contributed by atoms with Gasteiger partial charge in [-0.2, -0.15) is 0 Å². The van der Waals surface area contributed by atoms with Crippen molar-refractivity contribution in [2.24, 2.45) is 5.73 Å². The zero-order valence-corrected chi connectivity index (χ0v) is 12.0. The Morgan fingerprint density at radius 3 is 2.76 bits per heavy atom. The quantitative estimate of drug-likeness (QED) is 0.444. The smallest absolute Gasteiger partial charge is 0.326 e. The molecule has 120 valence electrons. The highest BCUT2D eigenvalue weighted by Gasteiger charge is 2.23. The van der Waals surface area contributed by atoms with Gasteiger partial charge in [-0.3, -0.25) is 9.69 Å². The third kappa shape index (κ3) is 6.41. The van der Waals surface area contributed by atoms with Crippen LogP contribution in [0.3, 0.4) is 0 Å². The van der Waals surface area contributed by atoms with Crippen LogP contribution >= 0.6 is 0 Å². The highest BCUT2D eigenvalue weighted by atomic mass is 16.5. The maximum absolute atomic E-state index is 11.6. The van der Waals surface area contributed by atoms with Crippen molar-refractivity contribution >= 4 is 17.9 Å². The minimum Gasteiger partial charge on any atom is -0.480 e. The van der Waals surface area contributed by atoms with Gasteiger partial charge in [-0.15, -0.1) is 0 Å². The van der Waals surface area contributed by atoms with Crippen LogP contribution in [0, 0.1) is 0 Å². The van der Waals surface area contributed by atoms with Crippen LogP contribution in [0.2, 0.25) is 0 Å². The minimum atomic E-state index is -1.33. The van der Waals surface area contributed by atoms with Crippen molar-refractivity contribution in [1.29, 1.82) is 0 Å². The summed E-state index contributed by atoms with van der Waals surface area (Å²) in [5.74, 6) is -2.10. The molecular formula is C12H22N4O5. The molecule has 9 heteroatoms. The monoisotopic (exact) mass is 302 g/mol. The third-order valence-electron chi connectivity index (χ3n) is 3.17. The first kappa shape index (κ1) is 17.2. The molecule has 9 nitrogen and oxygen atoms in total. The van der Waals surface area contributed by atoms with Gasteiger partial charge in [0.2, 0.25) is 5.91 Å². The first-order valence-corrected chi connectivity index (χ1v) is 6.81. The lowest BCUT2D eigenvalue weighted by Gasteiger charge is -2.32. The molecule has 2 unspecified atom stereocenters. The van der Waals surface area contributed by atoms with Gasteiger partial charge in [0.05, 0.1) is 19.1 Å². The largest absolute Gasteiger partial charge is 0.480 e. The lowest BCUT2D eigenvalue weighted by atomic mass is 10.2. The number of urea groups is 1. The van der Waals surface area contributed by atoms with Crippen molar-refractivity contribution in [2.75, 3.05) is 32.8 Å². The number of aliphatic carboxylic acids is 1. The number of carboxylic acids is 1. The van der Waals surface area contributed by atoms with E-state index in [9.17, 15) is 14.4 Å². The zero-order valence-electron chi connectivity index (χ0n) is 12.0. The van der Waals surface area contributed by atoms with Gasteiger partial charge in [0.15, 0.2) is 0 Å². The van der Waals surface area contributed by atoms with Gasteiger partial charge in [-0.1, -0.05) is 6.92 Å². The summed E-state index contributed by atoms with van der Waals surface area (Å²) < 4.78 is 5.50. The molecule has 0 spiro atoms. The molecule has 1 fully saturated rings. The van der Waals surface area contributed by atoms with Crippen molar-refractivity contribution in [1.82, 2.24) is 15.5 Å². The van der Waals surface area contributed by atoms with Gasteiger partial charge in [-0.25, -0.2) is 9.59 Å². The van der Waals surface area contributed by atoms with E-state index in [1.165, 1.54) is 0 Å². The van der Waals surface area contributed by atoms with Gasteiger partial charge in [0, 0.05) is 19.6 Å². The highest BCUT2D eigenvalue weighted by molar-refractivity contribution is 5.87. The summed E-state index contributed by atoms with van der Waals surface area (Å²) in [5.41, 5.74) is 4.93. The van der Waals surface area contributed by atoms with Crippen molar-refractivity contribution in [2.45, 2.75) is 25.5 Å². The Hall–Kier alpha value is -1.87. The van der Waals surface area contributed by atoms with Crippen molar-refractivity contribution in [3.05, 3.63) is 0 Å². The van der Waals surface area contributed by atoms with E-state index >= 15 is 0 Å². The van der Waals surface area contributed by atoms with E-state index in [1.54, 1.807) is 0 Å². The molecule has 1 aliphatic heterocycles. The molecule has 21 heavy (non-hydrogen) atoms. The number of carboxylic acid groups (broad SMARTS) is 1. The molecule has 1 saturated heterocycles. The molecule has 0 radical (unpaired) electrons. The maximum atomic E-state index is 11.6. The fourth-order valence-electron chi connectivity index (χ4n) is 2.01. The van der Waals surface area contributed by atoms with Crippen LogP contribution in [0.15, 0.2) is 0 Å². The number of hydrogen-bond donors (Lipinski definition) is 4. The second-order valence-electron chi connectivity index (χ2n) is 4.80. The SMILES string of the molecule is CCN1CCOC(CNC(=O)NC(CC(N)=O)C(=O)O)C1. The summed E-state index contributed by atoms with van der Waals surface area (Å²) in [7, 11) is 0. The van der Waals surface area contributed by atoms with E-state index in [0.717, 1.165) is 13.1 Å².